The van der Waals surface area contributed by atoms with Gasteiger partial charge in [0.2, 0.25) is 6.10 Å². The minimum Gasteiger partial charge on any atom is -0.466 e. The molecule has 0 fully saturated rings. The number of halogens is 1. The number of hydrogen-bond donors (Lipinski definition) is 1. The van der Waals surface area contributed by atoms with Crippen molar-refractivity contribution in [3.8, 4) is 0 Å². The van der Waals surface area contributed by atoms with Crippen LogP contribution < -0.4 is 5.32 Å². The van der Waals surface area contributed by atoms with E-state index in [0.29, 0.717) is 15.7 Å². The van der Waals surface area contributed by atoms with Gasteiger partial charge in [-0.1, -0.05) is 18.7 Å². The predicted molar refractivity (Wildman–Crippen MR) is 74.9 cm³/mol. The number of amides is 1. The van der Waals surface area contributed by atoms with E-state index in [1.165, 1.54) is 7.11 Å². The lowest BCUT2D eigenvalue weighted by atomic mass is 10.2. The van der Waals surface area contributed by atoms with Crippen molar-refractivity contribution in [2.45, 2.75) is 13.0 Å². The topological polar surface area (TPSA) is 64.6 Å². The summed E-state index contributed by atoms with van der Waals surface area (Å²) in [7, 11) is 1.22. The van der Waals surface area contributed by atoms with E-state index in [4.69, 9.17) is 4.74 Å². The normalized spacial score (nSPS) is 11.3. The summed E-state index contributed by atoms with van der Waals surface area (Å²) < 4.78 is 10.2. The quantitative estimate of drug-likeness (QED) is 0.681. The van der Waals surface area contributed by atoms with E-state index in [0.717, 1.165) is 0 Å². The number of methoxy groups -OCH3 is 1. The van der Waals surface area contributed by atoms with Crippen molar-refractivity contribution in [1.82, 2.24) is 0 Å². The molecule has 1 aromatic rings. The highest BCUT2D eigenvalue weighted by molar-refractivity contribution is 9.10. The van der Waals surface area contributed by atoms with Gasteiger partial charge in [-0.05, 0) is 40.6 Å². The van der Waals surface area contributed by atoms with Gasteiger partial charge in [-0.2, -0.15) is 0 Å². The van der Waals surface area contributed by atoms with Crippen LogP contribution >= 0.6 is 15.9 Å². The molecule has 0 aliphatic carbocycles. The van der Waals surface area contributed by atoms with Crippen LogP contribution in [0.25, 0.3) is 0 Å². The zero-order valence-electron chi connectivity index (χ0n) is 10.6. The Hall–Kier alpha value is -1.82. The van der Waals surface area contributed by atoms with Crippen molar-refractivity contribution >= 4 is 33.7 Å². The molecule has 1 unspecified atom stereocenters. The minimum absolute atomic E-state index is 0.383. The molecular formula is C13H14BrNO4. The van der Waals surface area contributed by atoms with Gasteiger partial charge in [0.15, 0.2) is 0 Å². The van der Waals surface area contributed by atoms with Crippen molar-refractivity contribution < 1.29 is 19.1 Å². The fourth-order valence-corrected chi connectivity index (χ4v) is 1.65. The van der Waals surface area contributed by atoms with Gasteiger partial charge in [-0.15, -0.1) is 0 Å². The summed E-state index contributed by atoms with van der Waals surface area (Å²) in [5.41, 5.74) is 0.923. The summed E-state index contributed by atoms with van der Waals surface area (Å²) in [4.78, 5) is 23.1. The van der Waals surface area contributed by atoms with Crippen LogP contribution in [-0.4, -0.2) is 25.3 Å². The molecule has 1 aromatic carbocycles. The fraction of sp³-hybridized carbons (Fsp3) is 0.231. The first-order chi connectivity index (χ1) is 8.95. The van der Waals surface area contributed by atoms with Crippen LogP contribution in [0, 0.1) is 0 Å². The lowest BCUT2D eigenvalue weighted by Gasteiger charge is -2.16. The molecule has 0 aliphatic rings. The van der Waals surface area contributed by atoms with E-state index in [2.05, 4.69) is 32.6 Å². The highest BCUT2D eigenvalue weighted by atomic mass is 79.9. The Balaban J connectivity index is 2.71. The van der Waals surface area contributed by atoms with Crippen molar-refractivity contribution in [2.24, 2.45) is 0 Å². The Morgan fingerprint density at radius 2 is 2.00 bits per heavy atom. The molecule has 0 saturated heterocycles. The third-order valence-corrected chi connectivity index (χ3v) is 2.89. The molecule has 0 bridgehead atoms. The molecule has 0 spiro atoms. The average molecular weight is 328 g/mol. The van der Waals surface area contributed by atoms with Gasteiger partial charge in [0.1, 0.15) is 0 Å². The predicted octanol–water partition coefficient (Wildman–Crippen LogP) is 3.12. The van der Waals surface area contributed by atoms with Crippen molar-refractivity contribution in [3.63, 3.8) is 0 Å². The van der Waals surface area contributed by atoms with E-state index >= 15 is 0 Å². The smallest absolute Gasteiger partial charge is 0.412 e. The maximum Gasteiger partial charge on any atom is 0.412 e. The Bertz CT molecular complexity index is 501. The van der Waals surface area contributed by atoms with Gasteiger partial charge in [0.05, 0.1) is 12.8 Å². The second-order valence-corrected chi connectivity index (χ2v) is 4.61. The number of para-hydroxylation sites is 1. The van der Waals surface area contributed by atoms with Crippen molar-refractivity contribution in [3.05, 3.63) is 40.9 Å². The average Bonchev–Trinajstić information content (AvgIpc) is 2.37. The third kappa shape index (κ3) is 4.40. The Kier molecular flexibility index (Phi) is 5.57. The van der Waals surface area contributed by atoms with E-state index in [-0.39, 0.29) is 0 Å². The molecule has 102 valence electrons. The molecule has 5 nitrogen and oxygen atoms in total. The molecule has 1 rings (SSSR count). The van der Waals surface area contributed by atoms with Gasteiger partial charge < -0.3 is 9.47 Å². The zero-order chi connectivity index (χ0) is 14.4. The minimum atomic E-state index is -1.12. The molecule has 1 amide bonds. The number of ether oxygens (including phenoxy) is 2. The van der Waals surface area contributed by atoms with Gasteiger partial charge in [-0.25, -0.2) is 9.59 Å². The van der Waals surface area contributed by atoms with Crippen molar-refractivity contribution in [1.29, 1.82) is 0 Å². The van der Waals surface area contributed by atoms with E-state index in [1.807, 2.05) is 6.07 Å². The second-order valence-electron chi connectivity index (χ2n) is 3.76. The van der Waals surface area contributed by atoms with Crippen LogP contribution in [0.2, 0.25) is 0 Å². The first-order valence-corrected chi connectivity index (χ1v) is 6.20. The van der Waals surface area contributed by atoms with Crippen LogP contribution in [0.5, 0.6) is 0 Å². The highest BCUT2D eigenvalue weighted by Gasteiger charge is 2.24. The first-order valence-electron chi connectivity index (χ1n) is 5.41. The summed E-state index contributed by atoms with van der Waals surface area (Å²) in [6.45, 7) is 5.16. The van der Waals surface area contributed by atoms with Crippen LogP contribution in [0.4, 0.5) is 10.5 Å². The van der Waals surface area contributed by atoms with Gasteiger partial charge in [0, 0.05) is 4.47 Å². The van der Waals surface area contributed by atoms with Crippen LogP contribution in [-0.2, 0) is 14.3 Å². The van der Waals surface area contributed by atoms with Crippen LogP contribution in [0.3, 0.4) is 0 Å². The molecule has 1 N–H and O–H groups in total. The van der Waals surface area contributed by atoms with Crippen LogP contribution in [0.15, 0.2) is 40.9 Å². The summed E-state index contributed by atoms with van der Waals surface area (Å²) in [6.07, 6.45) is -1.88. The number of carbonyl (C=O) groups is 2. The fourth-order valence-electron chi connectivity index (χ4n) is 1.27. The first kappa shape index (κ1) is 15.2. The number of hydrogen-bond acceptors (Lipinski definition) is 4. The monoisotopic (exact) mass is 327 g/mol. The molecule has 1 atom stereocenters. The SMILES string of the molecule is C=C(C)C(OC(=O)Nc1ccccc1Br)C(=O)OC. The van der Waals surface area contributed by atoms with E-state index < -0.39 is 18.2 Å². The van der Waals surface area contributed by atoms with Crippen molar-refractivity contribution in [2.75, 3.05) is 12.4 Å². The molecule has 0 saturated carbocycles. The number of benzene rings is 1. The standard InChI is InChI=1S/C13H14BrNO4/c1-8(2)11(12(16)18-3)19-13(17)15-10-7-5-4-6-9(10)14/h4-7,11H,1H2,2-3H3,(H,15,17). The summed E-state index contributed by atoms with van der Waals surface area (Å²) in [5.74, 6) is -0.672. The molecule has 0 aromatic heterocycles. The largest absolute Gasteiger partial charge is 0.466 e. The molecule has 19 heavy (non-hydrogen) atoms. The Morgan fingerprint density at radius 3 is 2.53 bits per heavy atom. The summed E-state index contributed by atoms with van der Waals surface area (Å²) >= 11 is 3.28. The molecule has 0 aliphatic heterocycles. The number of rotatable bonds is 4. The molecular weight excluding hydrogens is 314 g/mol. The number of carbonyl (C=O) groups excluding carboxylic acids is 2. The third-order valence-electron chi connectivity index (χ3n) is 2.20. The number of anilines is 1. The molecule has 0 heterocycles. The Labute approximate surface area is 119 Å². The lowest BCUT2D eigenvalue weighted by molar-refractivity contribution is -0.148. The van der Waals surface area contributed by atoms with Gasteiger partial charge >= 0.3 is 12.1 Å². The van der Waals surface area contributed by atoms with Gasteiger partial charge in [0.25, 0.3) is 0 Å². The van der Waals surface area contributed by atoms with E-state index in [1.54, 1.807) is 25.1 Å². The Morgan fingerprint density at radius 1 is 1.37 bits per heavy atom. The van der Waals surface area contributed by atoms with Gasteiger partial charge in [-0.3, -0.25) is 5.32 Å². The highest BCUT2D eigenvalue weighted by Crippen LogP contribution is 2.21. The van der Waals surface area contributed by atoms with Crippen LogP contribution in [0.1, 0.15) is 6.92 Å². The zero-order valence-corrected chi connectivity index (χ0v) is 12.2. The summed E-state index contributed by atoms with van der Waals surface area (Å²) in [6, 6.07) is 7.04. The number of nitrogens with one attached hydrogen (secondary N) is 1. The maximum absolute atomic E-state index is 11.7. The number of esters is 1. The molecule has 0 radical (unpaired) electrons. The second kappa shape index (κ2) is 6.94. The summed E-state index contributed by atoms with van der Waals surface area (Å²) in [5, 5.41) is 2.52. The van der Waals surface area contributed by atoms with E-state index in [9.17, 15) is 9.59 Å². The maximum atomic E-state index is 11.7. The molecule has 6 heteroatoms. The lowest BCUT2D eigenvalue weighted by Crippen LogP contribution is -2.31.